The van der Waals surface area contributed by atoms with Gasteiger partial charge in [0, 0.05) is 25.7 Å². The molecule has 1 aromatic rings. The van der Waals surface area contributed by atoms with Gasteiger partial charge in [0.1, 0.15) is 0 Å². The van der Waals surface area contributed by atoms with Crippen molar-refractivity contribution in [1.29, 1.82) is 0 Å². The van der Waals surface area contributed by atoms with Crippen molar-refractivity contribution in [3.05, 3.63) is 29.3 Å². The fourth-order valence-corrected chi connectivity index (χ4v) is 2.18. The Kier molecular flexibility index (Phi) is 3.17. The lowest BCUT2D eigenvalue weighted by Crippen LogP contribution is -2.12. The van der Waals surface area contributed by atoms with E-state index in [-0.39, 0.29) is 0 Å². The molecule has 0 aliphatic carbocycles. The third-order valence-electron chi connectivity index (χ3n) is 3.18. The lowest BCUT2D eigenvalue weighted by Gasteiger charge is -2.14. The number of anilines is 1. The molecular weight excluding hydrogens is 198 g/mol. The number of terminal acetylenes is 1. The van der Waals surface area contributed by atoms with Crippen molar-refractivity contribution in [2.24, 2.45) is 0 Å². The molecule has 2 rings (SSSR count). The molecule has 0 saturated heterocycles. The third kappa shape index (κ3) is 2.05. The van der Waals surface area contributed by atoms with Crippen LogP contribution in [0, 0.1) is 12.3 Å². The van der Waals surface area contributed by atoms with Gasteiger partial charge in [-0.05, 0) is 30.0 Å². The number of hydrogen-bond acceptors (Lipinski definition) is 2. The van der Waals surface area contributed by atoms with E-state index in [4.69, 9.17) is 6.42 Å². The van der Waals surface area contributed by atoms with Gasteiger partial charge in [-0.25, -0.2) is 0 Å². The van der Waals surface area contributed by atoms with E-state index in [1.165, 1.54) is 11.3 Å². The monoisotopic (exact) mass is 215 g/mol. The number of nitrogens with zero attached hydrogens (tertiary/aromatic N) is 1. The van der Waals surface area contributed by atoms with Gasteiger partial charge in [-0.15, -0.1) is 12.3 Å². The van der Waals surface area contributed by atoms with Crippen LogP contribution in [0.2, 0.25) is 0 Å². The minimum absolute atomic E-state index is 0.424. The van der Waals surface area contributed by atoms with E-state index in [1.54, 1.807) is 0 Å². The summed E-state index contributed by atoms with van der Waals surface area (Å²) in [7, 11) is 2.10. The zero-order valence-electron chi connectivity index (χ0n) is 9.61. The summed E-state index contributed by atoms with van der Waals surface area (Å²) in [4.78, 5) is 2.24. The van der Waals surface area contributed by atoms with Gasteiger partial charge in [0.2, 0.25) is 0 Å². The minimum atomic E-state index is -0.424. The summed E-state index contributed by atoms with van der Waals surface area (Å²) >= 11 is 0. The van der Waals surface area contributed by atoms with Crippen molar-refractivity contribution in [2.75, 3.05) is 18.5 Å². The fraction of sp³-hybridized carbons (Fsp3) is 0.429. The molecule has 1 N–H and O–H groups in total. The highest BCUT2D eigenvalue weighted by molar-refractivity contribution is 5.58. The summed E-state index contributed by atoms with van der Waals surface area (Å²) in [5.74, 6) is 2.56. The first-order chi connectivity index (χ1) is 7.72. The molecule has 0 aromatic heterocycles. The molecule has 1 aromatic carbocycles. The maximum absolute atomic E-state index is 9.94. The molecule has 0 amide bonds. The summed E-state index contributed by atoms with van der Waals surface area (Å²) in [6.07, 6.45) is 7.11. The zero-order chi connectivity index (χ0) is 11.5. The number of hydrogen-bond donors (Lipinski definition) is 1. The first kappa shape index (κ1) is 11.0. The maximum atomic E-state index is 9.94. The van der Waals surface area contributed by atoms with Crippen molar-refractivity contribution in [2.45, 2.75) is 25.4 Å². The van der Waals surface area contributed by atoms with Crippen molar-refractivity contribution in [3.8, 4) is 12.3 Å². The maximum Gasteiger partial charge on any atom is 0.0799 e. The average molecular weight is 215 g/mol. The van der Waals surface area contributed by atoms with Crippen LogP contribution in [0.3, 0.4) is 0 Å². The molecule has 1 heterocycles. The molecule has 0 radical (unpaired) electrons. The highest BCUT2D eigenvalue weighted by atomic mass is 16.3. The molecule has 0 saturated carbocycles. The van der Waals surface area contributed by atoms with Crippen LogP contribution in [0.15, 0.2) is 18.2 Å². The van der Waals surface area contributed by atoms with E-state index < -0.39 is 6.10 Å². The van der Waals surface area contributed by atoms with Crippen LogP contribution in [-0.2, 0) is 6.42 Å². The summed E-state index contributed by atoms with van der Waals surface area (Å²) in [5.41, 5.74) is 3.61. The fourth-order valence-electron chi connectivity index (χ4n) is 2.18. The second-order valence-corrected chi connectivity index (χ2v) is 4.32. The van der Waals surface area contributed by atoms with Crippen LogP contribution in [0.1, 0.15) is 30.1 Å². The lowest BCUT2D eigenvalue weighted by atomic mass is 10.0. The first-order valence-corrected chi connectivity index (χ1v) is 5.68. The number of benzene rings is 1. The first-order valence-electron chi connectivity index (χ1n) is 5.68. The Balaban J connectivity index is 2.16. The van der Waals surface area contributed by atoms with Crippen LogP contribution in [0.4, 0.5) is 5.69 Å². The van der Waals surface area contributed by atoms with E-state index in [0.717, 1.165) is 18.5 Å². The van der Waals surface area contributed by atoms with Crippen molar-refractivity contribution in [1.82, 2.24) is 0 Å². The van der Waals surface area contributed by atoms with Gasteiger partial charge >= 0.3 is 0 Å². The van der Waals surface area contributed by atoms with Crippen molar-refractivity contribution >= 4 is 5.69 Å². The zero-order valence-corrected chi connectivity index (χ0v) is 9.61. The molecule has 2 nitrogen and oxygen atoms in total. The van der Waals surface area contributed by atoms with Gasteiger partial charge in [-0.1, -0.05) is 12.1 Å². The molecule has 0 spiro atoms. The van der Waals surface area contributed by atoms with Gasteiger partial charge in [-0.3, -0.25) is 0 Å². The number of likely N-dealkylation sites (N-methyl/N-ethyl adjacent to an activating group) is 1. The van der Waals surface area contributed by atoms with Crippen LogP contribution in [0.5, 0.6) is 0 Å². The van der Waals surface area contributed by atoms with Crippen LogP contribution < -0.4 is 4.90 Å². The van der Waals surface area contributed by atoms with E-state index in [0.29, 0.717) is 12.8 Å². The van der Waals surface area contributed by atoms with Crippen molar-refractivity contribution in [3.63, 3.8) is 0 Å². The minimum Gasteiger partial charge on any atom is -0.388 e. The summed E-state index contributed by atoms with van der Waals surface area (Å²) < 4.78 is 0. The number of aliphatic hydroxyl groups is 1. The molecule has 84 valence electrons. The lowest BCUT2D eigenvalue weighted by molar-refractivity contribution is 0.169. The van der Waals surface area contributed by atoms with E-state index >= 15 is 0 Å². The number of aliphatic hydroxyl groups excluding tert-OH is 1. The Morgan fingerprint density at radius 1 is 1.56 bits per heavy atom. The molecule has 16 heavy (non-hydrogen) atoms. The van der Waals surface area contributed by atoms with E-state index in [9.17, 15) is 5.11 Å². The van der Waals surface area contributed by atoms with Gasteiger partial charge in [0.15, 0.2) is 0 Å². The Hall–Kier alpha value is -1.46. The molecule has 2 heteroatoms. The van der Waals surface area contributed by atoms with Gasteiger partial charge in [-0.2, -0.15) is 0 Å². The van der Waals surface area contributed by atoms with Gasteiger partial charge in [0.05, 0.1) is 6.10 Å². The predicted molar refractivity (Wildman–Crippen MR) is 66.4 cm³/mol. The molecule has 0 bridgehead atoms. The quantitative estimate of drug-likeness (QED) is 0.781. The standard InChI is InChI=1S/C14H17NO/c1-3-4-5-14(16)12-6-7-13-11(10-12)8-9-15(13)2/h1,6-7,10,14,16H,4-5,8-9H2,2H3. The van der Waals surface area contributed by atoms with Gasteiger partial charge in [0.25, 0.3) is 0 Å². The highest BCUT2D eigenvalue weighted by Crippen LogP contribution is 2.30. The Morgan fingerprint density at radius 3 is 3.12 bits per heavy atom. The normalized spacial score (nSPS) is 15.7. The predicted octanol–water partition coefficient (Wildman–Crippen LogP) is 2.13. The topological polar surface area (TPSA) is 23.5 Å². The average Bonchev–Trinajstić information content (AvgIpc) is 2.67. The van der Waals surface area contributed by atoms with Crippen molar-refractivity contribution < 1.29 is 5.11 Å². The summed E-state index contributed by atoms with van der Waals surface area (Å²) in [6.45, 7) is 1.07. The summed E-state index contributed by atoms with van der Waals surface area (Å²) in [5, 5.41) is 9.94. The highest BCUT2D eigenvalue weighted by Gasteiger charge is 2.17. The molecule has 0 fully saturated rings. The van der Waals surface area contributed by atoms with E-state index in [1.807, 2.05) is 6.07 Å². The van der Waals surface area contributed by atoms with Crippen LogP contribution >= 0.6 is 0 Å². The molecular formula is C14H17NO. The SMILES string of the molecule is C#CCCC(O)c1ccc2c(c1)CCN2C. The largest absolute Gasteiger partial charge is 0.388 e. The number of fused-ring (bicyclic) bond motifs is 1. The van der Waals surface area contributed by atoms with Crippen LogP contribution in [0.25, 0.3) is 0 Å². The molecule has 1 aliphatic rings. The smallest absolute Gasteiger partial charge is 0.0799 e. The Bertz CT molecular complexity index is 419. The van der Waals surface area contributed by atoms with E-state index in [2.05, 4.69) is 30.0 Å². The second-order valence-electron chi connectivity index (χ2n) is 4.32. The second kappa shape index (κ2) is 4.59. The molecule has 1 unspecified atom stereocenters. The summed E-state index contributed by atoms with van der Waals surface area (Å²) in [6, 6.07) is 6.21. The Labute approximate surface area is 96.9 Å². The number of rotatable bonds is 3. The molecule has 1 aliphatic heterocycles. The van der Waals surface area contributed by atoms with Gasteiger partial charge < -0.3 is 10.0 Å². The third-order valence-corrected chi connectivity index (χ3v) is 3.18. The van der Waals surface area contributed by atoms with Crippen LogP contribution in [-0.4, -0.2) is 18.7 Å². The Morgan fingerprint density at radius 2 is 2.38 bits per heavy atom. The molecule has 1 atom stereocenters.